The predicted octanol–water partition coefficient (Wildman–Crippen LogP) is 1.47. The summed E-state index contributed by atoms with van der Waals surface area (Å²) < 4.78 is 13.3. The average Bonchev–Trinajstić information content (AvgIpc) is 2.30. The van der Waals surface area contributed by atoms with Crippen LogP contribution in [0.2, 0.25) is 0 Å². The molecule has 1 aromatic rings. The van der Waals surface area contributed by atoms with Gasteiger partial charge in [-0.15, -0.1) is 0 Å². The number of nitrogens with one attached hydrogen (secondary N) is 2. The second kappa shape index (κ2) is 5.35. The number of nitrogens with zero attached hydrogens (tertiary/aromatic N) is 1. The van der Waals surface area contributed by atoms with E-state index in [1.165, 1.54) is 18.2 Å². The molecule has 1 aromatic carbocycles. The lowest BCUT2D eigenvalue weighted by molar-refractivity contribution is 0.246. The van der Waals surface area contributed by atoms with Gasteiger partial charge in [0.2, 0.25) is 0 Å². The van der Waals surface area contributed by atoms with Crippen LogP contribution in [-0.4, -0.2) is 22.6 Å². The van der Waals surface area contributed by atoms with E-state index < -0.39 is 17.4 Å². The monoisotopic (exact) mass is 254 g/mol. The highest BCUT2D eigenvalue weighted by atomic mass is 19.1. The van der Waals surface area contributed by atoms with Crippen molar-refractivity contribution in [3.63, 3.8) is 0 Å². The summed E-state index contributed by atoms with van der Waals surface area (Å²) >= 11 is 0. The quantitative estimate of drug-likeness (QED) is 0.284. The molecule has 6 nitrogen and oxygen atoms in total. The Hall–Kier alpha value is -2.31. The Balaban J connectivity index is 2.71. The zero-order valence-corrected chi connectivity index (χ0v) is 10.1. The molecule has 0 atom stereocenters. The van der Waals surface area contributed by atoms with Gasteiger partial charge in [-0.2, -0.15) is 0 Å². The van der Waals surface area contributed by atoms with E-state index in [0.29, 0.717) is 0 Å². The first-order chi connectivity index (χ1) is 8.36. The van der Waals surface area contributed by atoms with Crippen LogP contribution in [0.1, 0.15) is 13.8 Å². The molecule has 1 rings (SSSR count). The summed E-state index contributed by atoms with van der Waals surface area (Å²) in [6.45, 7) is 3.09. The number of carbonyl (C=O) groups excluding carboxylic acids is 1. The Bertz CT molecular complexity index is 474. The van der Waals surface area contributed by atoms with Gasteiger partial charge >= 0.3 is 6.03 Å². The molecule has 0 fully saturated rings. The van der Waals surface area contributed by atoms with Crippen molar-refractivity contribution in [2.75, 3.05) is 5.32 Å². The molecule has 0 saturated heterocycles. The van der Waals surface area contributed by atoms with Gasteiger partial charge < -0.3 is 21.6 Å². The predicted molar refractivity (Wildman–Crippen MR) is 66.0 cm³/mol. The van der Waals surface area contributed by atoms with Crippen LogP contribution >= 0.6 is 0 Å². The standard InChI is InChI=1S/C11H15FN4O2/c1-11(2,9(13)16-18)15-10(17)14-8-6-4-3-5-7(8)12/h3-6,18H,1-2H3,(H2,13,16)(H2,14,15,17). The number of hydrogen-bond donors (Lipinski definition) is 4. The van der Waals surface area contributed by atoms with Crippen molar-refractivity contribution in [3.8, 4) is 0 Å². The van der Waals surface area contributed by atoms with Crippen molar-refractivity contribution < 1.29 is 14.4 Å². The second-order valence-corrected chi connectivity index (χ2v) is 4.17. The van der Waals surface area contributed by atoms with Crippen molar-refractivity contribution in [3.05, 3.63) is 30.1 Å². The molecule has 7 heteroatoms. The van der Waals surface area contributed by atoms with Gasteiger partial charge in [-0.1, -0.05) is 17.3 Å². The van der Waals surface area contributed by atoms with E-state index in [1.807, 2.05) is 0 Å². The SMILES string of the molecule is CC(C)(NC(=O)Nc1ccccc1F)/C(N)=N/O. The first kappa shape index (κ1) is 13.8. The highest BCUT2D eigenvalue weighted by molar-refractivity contribution is 5.96. The van der Waals surface area contributed by atoms with Crippen LogP contribution in [0.15, 0.2) is 29.4 Å². The van der Waals surface area contributed by atoms with Gasteiger partial charge in [0.25, 0.3) is 0 Å². The van der Waals surface area contributed by atoms with Crippen molar-refractivity contribution in [2.45, 2.75) is 19.4 Å². The minimum absolute atomic E-state index is 0.0466. The van der Waals surface area contributed by atoms with Crippen LogP contribution in [0, 0.1) is 5.82 Å². The number of para-hydroxylation sites is 1. The van der Waals surface area contributed by atoms with E-state index in [4.69, 9.17) is 10.9 Å². The third-order valence-electron chi connectivity index (χ3n) is 2.30. The molecule has 0 aromatic heterocycles. The minimum Gasteiger partial charge on any atom is -0.409 e. The number of carbonyl (C=O) groups is 1. The number of rotatable bonds is 3. The molecule has 0 spiro atoms. The van der Waals surface area contributed by atoms with Crippen LogP contribution in [0.4, 0.5) is 14.9 Å². The summed E-state index contributed by atoms with van der Waals surface area (Å²) in [6.07, 6.45) is 0. The van der Waals surface area contributed by atoms with E-state index in [9.17, 15) is 9.18 Å². The Labute approximate surface area is 104 Å². The number of anilines is 1. The summed E-state index contributed by atoms with van der Waals surface area (Å²) in [5.41, 5.74) is 4.40. The lowest BCUT2D eigenvalue weighted by Crippen LogP contribution is -2.54. The third-order valence-corrected chi connectivity index (χ3v) is 2.30. The fraction of sp³-hybridized carbons (Fsp3) is 0.273. The summed E-state index contributed by atoms with van der Waals surface area (Å²) in [4.78, 5) is 11.6. The summed E-state index contributed by atoms with van der Waals surface area (Å²) in [5.74, 6) is -0.708. The number of amidine groups is 1. The van der Waals surface area contributed by atoms with Crippen molar-refractivity contribution in [1.29, 1.82) is 0 Å². The number of amides is 2. The molecular weight excluding hydrogens is 239 g/mol. The highest BCUT2D eigenvalue weighted by Crippen LogP contribution is 2.12. The van der Waals surface area contributed by atoms with E-state index >= 15 is 0 Å². The topological polar surface area (TPSA) is 99.7 Å². The maximum Gasteiger partial charge on any atom is 0.320 e. The van der Waals surface area contributed by atoms with E-state index in [1.54, 1.807) is 19.9 Å². The summed E-state index contributed by atoms with van der Waals surface area (Å²) in [5, 5.41) is 16.1. The van der Waals surface area contributed by atoms with Crippen molar-refractivity contribution >= 4 is 17.6 Å². The normalized spacial score (nSPS) is 12.1. The Morgan fingerprint density at radius 1 is 1.44 bits per heavy atom. The molecule has 0 radical (unpaired) electrons. The number of halogens is 1. The first-order valence-electron chi connectivity index (χ1n) is 5.18. The van der Waals surface area contributed by atoms with Gasteiger partial charge in [0.1, 0.15) is 5.82 Å². The average molecular weight is 254 g/mol. The Morgan fingerprint density at radius 2 is 2.06 bits per heavy atom. The second-order valence-electron chi connectivity index (χ2n) is 4.17. The van der Waals surface area contributed by atoms with Crippen LogP contribution in [0.3, 0.4) is 0 Å². The third kappa shape index (κ3) is 3.34. The van der Waals surface area contributed by atoms with Gasteiger partial charge in [-0.3, -0.25) is 0 Å². The molecule has 0 heterocycles. The van der Waals surface area contributed by atoms with Crippen LogP contribution in [-0.2, 0) is 0 Å². The zero-order chi connectivity index (χ0) is 13.8. The number of nitrogens with two attached hydrogens (primary N) is 1. The van der Waals surface area contributed by atoms with E-state index in [0.717, 1.165) is 0 Å². The van der Waals surface area contributed by atoms with Gasteiger partial charge in [-0.05, 0) is 26.0 Å². The van der Waals surface area contributed by atoms with Gasteiger partial charge in [0.15, 0.2) is 5.84 Å². The van der Waals surface area contributed by atoms with Crippen LogP contribution < -0.4 is 16.4 Å². The largest absolute Gasteiger partial charge is 0.409 e. The van der Waals surface area contributed by atoms with E-state index in [-0.39, 0.29) is 11.5 Å². The fourth-order valence-corrected chi connectivity index (χ4v) is 1.19. The Kier molecular flexibility index (Phi) is 4.09. The van der Waals surface area contributed by atoms with E-state index in [2.05, 4.69) is 15.8 Å². The summed E-state index contributed by atoms with van der Waals surface area (Å²) in [7, 11) is 0. The lowest BCUT2D eigenvalue weighted by Gasteiger charge is -2.24. The number of hydrogen-bond acceptors (Lipinski definition) is 3. The molecule has 0 aliphatic heterocycles. The smallest absolute Gasteiger partial charge is 0.320 e. The maximum absolute atomic E-state index is 13.3. The number of urea groups is 1. The molecule has 2 amide bonds. The molecule has 0 saturated carbocycles. The molecule has 18 heavy (non-hydrogen) atoms. The minimum atomic E-state index is -1.05. The van der Waals surface area contributed by atoms with Gasteiger partial charge in [0, 0.05) is 0 Å². The van der Waals surface area contributed by atoms with Crippen LogP contribution in [0.5, 0.6) is 0 Å². The van der Waals surface area contributed by atoms with Crippen molar-refractivity contribution in [2.24, 2.45) is 10.9 Å². The maximum atomic E-state index is 13.3. The molecule has 5 N–H and O–H groups in total. The van der Waals surface area contributed by atoms with Crippen LogP contribution in [0.25, 0.3) is 0 Å². The number of benzene rings is 1. The number of oxime groups is 1. The molecule has 0 bridgehead atoms. The molecule has 0 aliphatic carbocycles. The molecule has 0 unspecified atom stereocenters. The molecule has 98 valence electrons. The van der Waals surface area contributed by atoms with Gasteiger partial charge in [0.05, 0.1) is 11.2 Å². The molecular formula is C11H15FN4O2. The first-order valence-corrected chi connectivity index (χ1v) is 5.18. The summed E-state index contributed by atoms with van der Waals surface area (Å²) in [6, 6.07) is 5.10. The zero-order valence-electron chi connectivity index (χ0n) is 10.1. The lowest BCUT2D eigenvalue weighted by atomic mass is 10.1. The molecule has 0 aliphatic rings. The Morgan fingerprint density at radius 3 is 2.61 bits per heavy atom. The highest BCUT2D eigenvalue weighted by Gasteiger charge is 2.25. The van der Waals surface area contributed by atoms with Crippen molar-refractivity contribution in [1.82, 2.24) is 5.32 Å². The fourth-order valence-electron chi connectivity index (χ4n) is 1.19. The van der Waals surface area contributed by atoms with Gasteiger partial charge in [-0.25, -0.2) is 9.18 Å².